The van der Waals surface area contributed by atoms with Gasteiger partial charge >= 0.3 is 0 Å². The van der Waals surface area contributed by atoms with Gasteiger partial charge in [0.2, 0.25) is 0 Å². The molecule has 0 aliphatic carbocycles. The lowest BCUT2D eigenvalue weighted by Gasteiger charge is -2.27. The molecule has 2 N–H and O–H groups in total. The van der Waals surface area contributed by atoms with Crippen LogP contribution in [0.5, 0.6) is 5.75 Å². The van der Waals surface area contributed by atoms with Crippen molar-refractivity contribution in [1.82, 2.24) is 30.5 Å². The van der Waals surface area contributed by atoms with E-state index in [1.807, 2.05) is 45.0 Å². The normalized spacial score (nSPS) is 14.5. The Morgan fingerprint density at radius 2 is 1.93 bits per heavy atom. The Morgan fingerprint density at radius 3 is 2.55 bits per heavy atom. The molecule has 0 atom stereocenters. The monoisotopic (exact) mass is 422 g/mol. The first-order valence-corrected chi connectivity index (χ1v) is 10.0. The standard InChI is InChI=1S/C20H30N6O2.ClH/c1-4-18-19(20(27)22-11-14-25-12-9-21-10-13-25)23-24-26(18)16-5-7-17(8-6-16)28-15(2)3;/h5-8,15,21H,4,9-14H2,1-3H3,(H,22,27);1H. The molecule has 0 bridgehead atoms. The van der Waals surface area contributed by atoms with E-state index in [9.17, 15) is 4.79 Å². The maximum atomic E-state index is 12.6. The number of nitrogens with one attached hydrogen (secondary N) is 2. The van der Waals surface area contributed by atoms with Crippen molar-refractivity contribution in [3.05, 3.63) is 35.7 Å². The molecule has 2 heterocycles. The number of amides is 1. The highest BCUT2D eigenvalue weighted by molar-refractivity contribution is 5.93. The van der Waals surface area contributed by atoms with Crippen LogP contribution in [0.4, 0.5) is 0 Å². The van der Waals surface area contributed by atoms with Crippen LogP contribution in [0.15, 0.2) is 24.3 Å². The quantitative estimate of drug-likeness (QED) is 0.673. The fourth-order valence-electron chi connectivity index (χ4n) is 3.29. The Hall–Kier alpha value is -2.16. The number of halogens is 1. The molecule has 0 unspecified atom stereocenters. The molecule has 0 radical (unpaired) electrons. The molecule has 1 amide bonds. The van der Waals surface area contributed by atoms with Crippen molar-refractivity contribution in [1.29, 1.82) is 0 Å². The number of hydrogen-bond donors (Lipinski definition) is 2. The largest absolute Gasteiger partial charge is 0.491 e. The van der Waals surface area contributed by atoms with E-state index in [2.05, 4.69) is 25.8 Å². The molecule has 0 saturated carbocycles. The van der Waals surface area contributed by atoms with Crippen molar-refractivity contribution >= 4 is 18.3 Å². The molecule has 3 rings (SSSR count). The number of ether oxygens (including phenoxy) is 1. The van der Waals surface area contributed by atoms with Gasteiger partial charge in [-0.2, -0.15) is 0 Å². The van der Waals surface area contributed by atoms with E-state index in [-0.39, 0.29) is 24.4 Å². The van der Waals surface area contributed by atoms with Crippen LogP contribution >= 0.6 is 12.4 Å². The smallest absolute Gasteiger partial charge is 0.273 e. The average molecular weight is 423 g/mol. The van der Waals surface area contributed by atoms with E-state index in [0.29, 0.717) is 18.7 Å². The van der Waals surface area contributed by atoms with E-state index < -0.39 is 0 Å². The highest BCUT2D eigenvalue weighted by Gasteiger charge is 2.19. The number of carbonyl (C=O) groups excluding carboxylic acids is 1. The second kappa shape index (κ2) is 11.1. The molecule has 0 spiro atoms. The van der Waals surface area contributed by atoms with E-state index >= 15 is 0 Å². The molecular formula is C20H31ClN6O2. The Balaban J connectivity index is 0.00000300. The maximum Gasteiger partial charge on any atom is 0.273 e. The summed E-state index contributed by atoms with van der Waals surface area (Å²) < 4.78 is 7.41. The number of piperazine rings is 1. The van der Waals surface area contributed by atoms with Crippen molar-refractivity contribution in [2.45, 2.75) is 33.3 Å². The minimum atomic E-state index is -0.169. The van der Waals surface area contributed by atoms with Crippen LogP contribution < -0.4 is 15.4 Å². The zero-order valence-electron chi connectivity index (χ0n) is 17.4. The molecule has 1 fully saturated rings. The van der Waals surface area contributed by atoms with Gasteiger partial charge in [0, 0.05) is 39.3 Å². The van der Waals surface area contributed by atoms with Gasteiger partial charge in [0.25, 0.3) is 5.91 Å². The summed E-state index contributed by atoms with van der Waals surface area (Å²) in [4.78, 5) is 15.0. The number of aromatic nitrogens is 3. The molecule has 8 nitrogen and oxygen atoms in total. The lowest BCUT2D eigenvalue weighted by Crippen LogP contribution is -2.46. The predicted molar refractivity (Wildman–Crippen MR) is 115 cm³/mol. The lowest BCUT2D eigenvalue weighted by atomic mass is 10.2. The summed E-state index contributed by atoms with van der Waals surface area (Å²) in [5.74, 6) is 0.640. The van der Waals surface area contributed by atoms with E-state index in [0.717, 1.165) is 49.9 Å². The summed E-state index contributed by atoms with van der Waals surface area (Å²) in [6.45, 7) is 11.5. The Labute approximate surface area is 178 Å². The third kappa shape index (κ3) is 6.16. The van der Waals surface area contributed by atoms with E-state index in [1.54, 1.807) is 4.68 Å². The number of rotatable bonds is 8. The Kier molecular flexibility index (Phi) is 8.88. The van der Waals surface area contributed by atoms with Crippen LogP contribution in [0, 0.1) is 0 Å². The number of hydrogen-bond acceptors (Lipinski definition) is 6. The molecule has 9 heteroatoms. The second-order valence-corrected chi connectivity index (χ2v) is 7.16. The SMILES string of the molecule is CCc1c(C(=O)NCCN2CCNCC2)nnn1-c1ccc(OC(C)C)cc1.Cl. The van der Waals surface area contributed by atoms with Gasteiger partial charge in [0.15, 0.2) is 5.69 Å². The lowest BCUT2D eigenvalue weighted by molar-refractivity contribution is 0.0941. The number of carbonyl (C=O) groups is 1. The van der Waals surface area contributed by atoms with Gasteiger partial charge in [0.1, 0.15) is 5.75 Å². The average Bonchev–Trinajstić information content (AvgIpc) is 3.13. The maximum absolute atomic E-state index is 12.6. The molecular weight excluding hydrogens is 392 g/mol. The van der Waals surface area contributed by atoms with E-state index in [4.69, 9.17) is 4.74 Å². The minimum absolute atomic E-state index is 0. The molecule has 2 aromatic rings. The molecule has 1 aromatic heterocycles. The summed E-state index contributed by atoms with van der Waals surface area (Å²) in [5.41, 5.74) is 2.06. The highest BCUT2D eigenvalue weighted by Crippen LogP contribution is 2.19. The second-order valence-electron chi connectivity index (χ2n) is 7.16. The van der Waals surface area contributed by atoms with Gasteiger partial charge in [-0.25, -0.2) is 4.68 Å². The minimum Gasteiger partial charge on any atom is -0.491 e. The van der Waals surface area contributed by atoms with Crippen LogP contribution in [0.2, 0.25) is 0 Å². The number of nitrogens with zero attached hydrogens (tertiary/aromatic N) is 4. The van der Waals surface area contributed by atoms with Gasteiger partial charge in [-0.15, -0.1) is 17.5 Å². The van der Waals surface area contributed by atoms with Gasteiger partial charge in [-0.3, -0.25) is 9.69 Å². The predicted octanol–water partition coefficient (Wildman–Crippen LogP) is 1.67. The van der Waals surface area contributed by atoms with Crippen molar-refractivity contribution in [2.24, 2.45) is 0 Å². The van der Waals surface area contributed by atoms with Crippen molar-refractivity contribution in [3.63, 3.8) is 0 Å². The van der Waals surface area contributed by atoms with Crippen molar-refractivity contribution < 1.29 is 9.53 Å². The highest BCUT2D eigenvalue weighted by atomic mass is 35.5. The first-order valence-electron chi connectivity index (χ1n) is 10.0. The fraction of sp³-hybridized carbons (Fsp3) is 0.550. The molecule has 1 saturated heterocycles. The van der Waals surface area contributed by atoms with Gasteiger partial charge in [-0.1, -0.05) is 12.1 Å². The topological polar surface area (TPSA) is 84.3 Å². The first-order chi connectivity index (χ1) is 13.6. The van der Waals surface area contributed by atoms with Crippen molar-refractivity contribution in [3.8, 4) is 11.4 Å². The molecule has 1 aliphatic heterocycles. The van der Waals surface area contributed by atoms with Gasteiger partial charge in [-0.05, 0) is 44.5 Å². The van der Waals surface area contributed by atoms with Crippen molar-refractivity contribution in [2.75, 3.05) is 39.3 Å². The zero-order valence-corrected chi connectivity index (χ0v) is 18.2. The first kappa shape index (κ1) is 23.1. The summed E-state index contributed by atoms with van der Waals surface area (Å²) in [6.07, 6.45) is 0.789. The Morgan fingerprint density at radius 1 is 1.24 bits per heavy atom. The van der Waals surface area contributed by atoms with Crippen LogP contribution in [0.3, 0.4) is 0 Å². The third-order valence-corrected chi connectivity index (χ3v) is 4.69. The summed E-state index contributed by atoms with van der Waals surface area (Å²) in [7, 11) is 0. The fourth-order valence-corrected chi connectivity index (χ4v) is 3.29. The van der Waals surface area contributed by atoms with Crippen LogP contribution in [0.1, 0.15) is 37.0 Å². The summed E-state index contributed by atoms with van der Waals surface area (Å²) in [6, 6.07) is 7.67. The van der Waals surface area contributed by atoms with E-state index in [1.165, 1.54) is 0 Å². The van der Waals surface area contributed by atoms with Crippen LogP contribution in [-0.2, 0) is 6.42 Å². The molecule has 1 aromatic carbocycles. The van der Waals surface area contributed by atoms with Crippen LogP contribution in [0.25, 0.3) is 5.69 Å². The zero-order chi connectivity index (χ0) is 19.9. The van der Waals surface area contributed by atoms with Gasteiger partial charge in [0.05, 0.1) is 17.5 Å². The number of benzene rings is 1. The van der Waals surface area contributed by atoms with Crippen LogP contribution in [-0.4, -0.2) is 71.2 Å². The Bertz CT molecular complexity index is 772. The van der Waals surface area contributed by atoms with Gasteiger partial charge < -0.3 is 15.4 Å². The summed E-state index contributed by atoms with van der Waals surface area (Å²) >= 11 is 0. The molecule has 1 aliphatic rings. The third-order valence-electron chi connectivity index (χ3n) is 4.69. The molecule has 29 heavy (non-hydrogen) atoms. The summed E-state index contributed by atoms with van der Waals surface area (Å²) in [5, 5.41) is 14.7. The molecule has 160 valence electrons.